The molecule has 1 aromatic heterocycles. The number of anilines is 4. The maximum atomic E-state index is 10.9. The zero-order valence-corrected chi connectivity index (χ0v) is 13.0. The van der Waals surface area contributed by atoms with Gasteiger partial charge in [0.2, 0.25) is 17.8 Å². The molecule has 0 radical (unpaired) electrons. The minimum absolute atomic E-state index is 0.0116. The highest BCUT2D eigenvalue weighted by atomic mass is 16.6. The van der Waals surface area contributed by atoms with Crippen LogP contribution in [0.15, 0.2) is 24.3 Å². The number of aromatic nitrogens is 3. The van der Waals surface area contributed by atoms with Crippen molar-refractivity contribution in [2.75, 3.05) is 28.7 Å². The lowest BCUT2D eigenvalue weighted by Gasteiger charge is -2.26. The number of nitro benzene ring substituents is 1. The smallest absolute Gasteiger partial charge is 0.271 e. The Hall–Kier alpha value is -3.01. The van der Waals surface area contributed by atoms with Crippen LogP contribution < -0.4 is 21.5 Å². The molecule has 10 nitrogen and oxygen atoms in total. The highest BCUT2D eigenvalue weighted by Crippen LogP contribution is 2.22. The summed E-state index contributed by atoms with van der Waals surface area (Å²) in [4.78, 5) is 25.3. The number of nitrogens with one attached hydrogen (secondary N) is 2. The van der Waals surface area contributed by atoms with Gasteiger partial charge >= 0.3 is 0 Å². The molecule has 0 spiro atoms. The number of nitrogens with two attached hydrogens (primary N) is 1. The second-order valence-corrected chi connectivity index (χ2v) is 5.41. The van der Waals surface area contributed by atoms with Crippen molar-refractivity contribution in [3.05, 3.63) is 34.4 Å². The molecule has 0 aliphatic carbocycles. The van der Waals surface area contributed by atoms with Gasteiger partial charge in [-0.05, 0) is 25.3 Å². The first-order chi connectivity index (χ1) is 11.7. The Bertz CT molecular complexity index is 732. The third-order valence-corrected chi connectivity index (χ3v) is 3.70. The standard InChI is InChI=1S/C14H18N8O2/c15-20-13-17-12(16-10-5-4-6-11(9-10)22(23)24)18-14(19-13)21-7-2-1-3-8-21/h4-6,9H,1-3,7-8,15H2,(H2,16,17,18,19,20). The molecule has 1 saturated heterocycles. The normalized spacial score (nSPS) is 14.3. The van der Waals surface area contributed by atoms with E-state index in [2.05, 4.69) is 30.6 Å². The van der Waals surface area contributed by atoms with E-state index in [1.54, 1.807) is 12.1 Å². The maximum absolute atomic E-state index is 10.9. The largest absolute Gasteiger partial charge is 0.341 e. The molecule has 2 aromatic rings. The fraction of sp³-hybridized carbons (Fsp3) is 0.357. The molecule has 0 unspecified atom stereocenters. The molecule has 1 aliphatic heterocycles. The van der Waals surface area contributed by atoms with E-state index in [1.807, 2.05) is 0 Å². The number of hydrogen-bond acceptors (Lipinski definition) is 9. The highest BCUT2D eigenvalue weighted by molar-refractivity contribution is 5.59. The molecule has 0 amide bonds. The molecule has 3 rings (SSSR count). The highest BCUT2D eigenvalue weighted by Gasteiger charge is 2.16. The minimum Gasteiger partial charge on any atom is -0.341 e. The molecule has 0 bridgehead atoms. The minimum atomic E-state index is -0.454. The third kappa shape index (κ3) is 3.66. The van der Waals surface area contributed by atoms with E-state index in [9.17, 15) is 10.1 Å². The first kappa shape index (κ1) is 15.9. The first-order valence-corrected chi connectivity index (χ1v) is 7.65. The number of hydrogen-bond donors (Lipinski definition) is 3. The van der Waals surface area contributed by atoms with Crippen LogP contribution in [0.25, 0.3) is 0 Å². The second kappa shape index (κ2) is 7.04. The topological polar surface area (TPSA) is 135 Å². The van der Waals surface area contributed by atoms with E-state index in [-0.39, 0.29) is 17.6 Å². The van der Waals surface area contributed by atoms with Gasteiger partial charge in [0.05, 0.1) is 4.92 Å². The Morgan fingerprint density at radius 3 is 2.58 bits per heavy atom. The average molecular weight is 330 g/mol. The summed E-state index contributed by atoms with van der Waals surface area (Å²) in [5.41, 5.74) is 2.93. The zero-order chi connectivity index (χ0) is 16.9. The number of non-ortho nitro benzene ring substituents is 1. The van der Waals surface area contributed by atoms with E-state index in [4.69, 9.17) is 5.84 Å². The summed E-state index contributed by atoms with van der Waals surface area (Å²) in [7, 11) is 0. The number of nitro groups is 1. The van der Waals surface area contributed by atoms with E-state index in [1.165, 1.54) is 18.6 Å². The van der Waals surface area contributed by atoms with Crippen LogP contribution in [0.3, 0.4) is 0 Å². The Labute approximate surface area is 138 Å². The van der Waals surface area contributed by atoms with Crippen LogP contribution in [0, 0.1) is 10.1 Å². The Morgan fingerprint density at radius 1 is 1.12 bits per heavy atom. The van der Waals surface area contributed by atoms with Crippen LogP contribution in [-0.4, -0.2) is 33.0 Å². The predicted molar refractivity (Wildman–Crippen MR) is 90.1 cm³/mol. The number of piperidine rings is 1. The quantitative estimate of drug-likeness (QED) is 0.426. The van der Waals surface area contributed by atoms with Gasteiger partial charge in [-0.1, -0.05) is 6.07 Å². The van der Waals surface area contributed by atoms with Crippen LogP contribution in [-0.2, 0) is 0 Å². The number of hydrazine groups is 1. The van der Waals surface area contributed by atoms with Gasteiger partial charge in [0, 0.05) is 30.9 Å². The fourth-order valence-corrected chi connectivity index (χ4v) is 2.55. The predicted octanol–water partition coefficient (Wildman–Crippen LogP) is 1.80. The van der Waals surface area contributed by atoms with Gasteiger partial charge in [-0.2, -0.15) is 15.0 Å². The summed E-state index contributed by atoms with van der Waals surface area (Å²) >= 11 is 0. The van der Waals surface area contributed by atoms with Crippen LogP contribution in [0.2, 0.25) is 0 Å². The van der Waals surface area contributed by atoms with Gasteiger partial charge in [-0.3, -0.25) is 15.5 Å². The molecule has 4 N–H and O–H groups in total. The lowest BCUT2D eigenvalue weighted by atomic mass is 10.1. The van der Waals surface area contributed by atoms with Crippen molar-refractivity contribution in [2.24, 2.45) is 5.84 Å². The van der Waals surface area contributed by atoms with Crippen molar-refractivity contribution in [2.45, 2.75) is 19.3 Å². The van der Waals surface area contributed by atoms with Crippen LogP contribution >= 0.6 is 0 Å². The van der Waals surface area contributed by atoms with Gasteiger partial charge in [0.15, 0.2) is 0 Å². The van der Waals surface area contributed by atoms with Crippen molar-refractivity contribution < 1.29 is 4.92 Å². The van der Waals surface area contributed by atoms with Crippen molar-refractivity contribution in [1.82, 2.24) is 15.0 Å². The Balaban J connectivity index is 1.86. The summed E-state index contributed by atoms with van der Waals surface area (Å²) in [5.74, 6) is 6.48. The van der Waals surface area contributed by atoms with E-state index < -0.39 is 4.92 Å². The van der Waals surface area contributed by atoms with Gasteiger partial charge in [0.25, 0.3) is 5.69 Å². The van der Waals surface area contributed by atoms with E-state index >= 15 is 0 Å². The average Bonchev–Trinajstić information content (AvgIpc) is 2.62. The SMILES string of the molecule is NNc1nc(Nc2cccc([N+](=O)[O-])c2)nc(N2CCCCC2)n1. The molecule has 2 heterocycles. The number of rotatable bonds is 5. The van der Waals surface area contributed by atoms with Crippen LogP contribution in [0.1, 0.15) is 19.3 Å². The molecule has 1 aliphatic rings. The first-order valence-electron chi connectivity index (χ1n) is 7.65. The summed E-state index contributed by atoms with van der Waals surface area (Å²) in [6.45, 7) is 1.76. The van der Waals surface area contributed by atoms with Gasteiger partial charge in [-0.25, -0.2) is 5.84 Å². The van der Waals surface area contributed by atoms with E-state index in [0.717, 1.165) is 25.9 Å². The maximum Gasteiger partial charge on any atom is 0.271 e. The molecule has 10 heteroatoms. The second-order valence-electron chi connectivity index (χ2n) is 5.41. The van der Waals surface area contributed by atoms with Gasteiger partial charge < -0.3 is 10.2 Å². The fourth-order valence-electron chi connectivity index (χ4n) is 2.55. The summed E-state index contributed by atoms with van der Waals surface area (Å²) < 4.78 is 0. The lowest BCUT2D eigenvalue weighted by molar-refractivity contribution is -0.384. The third-order valence-electron chi connectivity index (χ3n) is 3.70. The molecular formula is C14H18N8O2. The monoisotopic (exact) mass is 330 g/mol. The molecule has 1 aromatic carbocycles. The summed E-state index contributed by atoms with van der Waals surface area (Å²) in [6, 6.07) is 6.13. The molecule has 0 saturated carbocycles. The molecule has 24 heavy (non-hydrogen) atoms. The van der Waals surface area contributed by atoms with Gasteiger partial charge in [0.1, 0.15) is 0 Å². The molecular weight excluding hydrogens is 312 g/mol. The Kier molecular flexibility index (Phi) is 4.66. The van der Waals surface area contributed by atoms with Crippen LogP contribution in [0.4, 0.5) is 29.2 Å². The van der Waals surface area contributed by atoms with Crippen molar-refractivity contribution in [3.8, 4) is 0 Å². The van der Waals surface area contributed by atoms with Crippen molar-refractivity contribution in [1.29, 1.82) is 0 Å². The number of benzene rings is 1. The lowest BCUT2D eigenvalue weighted by Crippen LogP contribution is -2.31. The van der Waals surface area contributed by atoms with Gasteiger partial charge in [-0.15, -0.1) is 0 Å². The van der Waals surface area contributed by atoms with Crippen molar-refractivity contribution >= 4 is 29.2 Å². The number of nitrogen functional groups attached to an aromatic ring is 1. The zero-order valence-electron chi connectivity index (χ0n) is 13.0. The Morgan fingerprint density at radius 2 is 1.88 bits per heavy atom. The molecule has 126 valence electrons. The van der Waals surface area contributed by atoms with E-state index in [0.29, 0.717) is 11.6 Å². The summed E-state index contributed by atoms with van der Waals surface area (Å²) in [6.07, 6.45) is 3.37. The number of nitrogens with zero attached hydrogens (tertiary/aromatic N) is 5. The molecule has 0 atom stereocenters. The summed E-state index contributed by atoms with van der Waals surface area (Å²) in [5, 5.41) is 13.8. The van der Waals surface area contributed by atoms with Crippen LogP contribution in [0.5, 0.6) is 0 Å². The molecule has 1 fully saturated rings. The van der Waals surface area contributed by atoms with Crippen molar-refractivity contribution in [3.63, 3.8) is 0 Å².